The predicted molar refractivity (Wildman–Crippen MR) is 80.1 cm³/mol. The van der Waals surface area contributed by atoms with Gasteiger partial charge in [0.1, 0.15) is 0 Å². The molecule has 6 heteroatoms. The molecule has 0 aliphatic rings. The SMILES string of the molecule is Fc1cccc(-c2scc(-c3ccccc3)c2C(F)(F)F)c1F. The molecule has 0 fully saturated rings. The summed E-state index contributed by atoms with van der Waals surface area (Å²) in [5.74, 6) is -2.45. The maximum atomic E-state index is 13.9. The van der Waals surface area contributed by atoms with Crippen molar-refractivity contribution < 1.29 is 22.0 Å². The first kappa shape index (κ1) is 15.7. The molecule has 1 aromatic heterocycles. The number of rotatable bonds is 2. The fourth-order valence-corrected chi connectivity index (χ4v) is 3.46. The summed E-state index contributed by atoms with van der Waals surface area (Å²) < 4.78 is 67.9. The van der Waals surface area contributed by atoms with Crippen molar-refractivity contribution in [2.24, 2.45) is 0 Å². The fourth-order valence-electron chi connectivity index (χ4n) is 2.35. The van der Waals surface area contributed by atoms with Crippen LogP contribution in [0.4, 0.5) is 22.0 Å². The lowest BCUT2D eigenvalue weighted by molar-refractivity contribution is -0.136. The van der Waals surface area contributed by atoms with E-state index in [9.17, 15) is 22.0 Å². The first-order valence-electron chi connectivity index (χ1n) is 6.58. The number of hydrogen-bond donors (Lipinski definition) is 0. The van der Waals surface area contributed by atoms with E-state index in [0.717, 1.165) is 23.5 Å². The summed E-state index contributed by atoms with van der Waals surface area (Å²) in [7, 11) is 0. The topological polar surface area (TPSA) is 0 Å². The minimum Gasteiger partial charge on any atom is -0.204 e. The molecule has 0 aliphatic carbocycles. The highest BCUT2D eigenvalue weighted by Crippen LogP contribution is 2.47. The van der Waals surface area contributed by atoms with Crippen molar-refractivity contribution >= 4 is 11.3 Å². The number of thiophene rings is 1. The van der Waals surface area contributed by atoms with Gasteiger partial charge in [0.15, 0.2) is 11.6 Å². The standard InChI is InChI=1S/C17H9F5S/c18-13-8-4-7-11(15(13)19)16-14(17(20,21)22)12(9-23-16)10-5-2-1-3-6-10/h1-9H. The van der Waals surface area contributed by atoms with Gasteiger partial charge in [0.05, 0.1) is 10.4 Å². The molecule has 0 bridgehead atoms. The van der Waals surface area contributed by atoms with Crippen molar-refractivity contribution in [1.29, 1.82) is 0 Å². The molecule has 0 nitrogen and oxygen atoms in total. The largest absolute Gasteiger partial charge is 0.418 e. The van der Waals surface area contributed by atoms with E-state index in [1.165, 1.54) is 11.4 Å². The monoisotopic (exact) mass is 340 g/mol. The minimum absolute atomic E-state index is 0.0400. The van der Waals surface area contributed by atoms with E-state index in [-0.39, 0.29) is 16.0 Å². The molecule has 0 aliphatic heterocycles. The number of benzene rings is 2. The van der Waals surface area contributed by atoms with E-state index in [1.54, 1.807) is 30.3 Å². The molecular weight excluding hydrogens is 331 g/mol. The molecule has 23 heavy (non-hydrogen) atoms. The van der Waals surface area contributed by atoms with Gasteiger partial charge in [0.2, 0.25) is 0 Å². The second kappa shape index (κ2) is 5.77. The molecule has 3 rings (SSSR count). The molecule has 2 aromatic carbocycles. The zero-order chi connectivity index (χ0) is 16.6. The molecule has 118 valence electrons. The third kappa shape index (κ3) is 2.86. The lowest BCUT2D eigenvalue weighted by Gasteiger charge is -2.12. The van der Waals surface area contributed by atoms with Gasteiger partial charge in [-0.25, -0.2) is 8.78 Å². The Bertz CT molecular complexity index is 834. The van der Waals surface area contributed by atoms with Gasteiger partial charge in [0.25, 0.3) is 0 Å². The van der Waals surface area contributed by atoms with Gasteiger partial charge >= 0.3 is 6.18 Å². The Morgan fingerprint density at radius 1 is 0.783 bits per heavy atom. The molecule has 0 N–H and O–H groups in total. The van der Waals surface area contributed by atoms with E-state index in [1.807, 2.05) is 0 Å². The highest BCUT2D eigenvalue weighted by molar-refractivity contribution is 7.14. The molecule has 0 saturated carbocycles. The van der Waals surface area contributed by atoms with Crippen molar-refractivity contribution in [3.05, 3.63) is 71.1 Å². The molecule has 0 spiro atoms. The second-order valence-corrected chi connectivity index (χ2v) is 5.70. The van der Waals surface area contributed by atoms with Crippen LogP contribution in [0.25, 0.3) is 21.6 Å². The van der Waals surface area contributed by atoms with E-state index >= 15 is 0 Å². The predicted octanol–water partition coefficient (Wildman–Crippen LogP) is 6.38. The molecule has 0 atom stereocenters. The summed E-state index contributed by atoms with van der Waals surface area (Å²) in [5.41, 5.74) is -0.997. The van der Waals surface area contributed by atoms with Crippen molar-refractivity contribution in [2.75, 3.05) is 0 Å². The Balaban J connectivity index is 2.28. The summed E-state index contributed by atoms with van der Waals surface area (Å²) in [5, 5.41) is 1.32. The van der Waals surface area contributed by atoms with Gasteiger partial charge in [-0.15, -0.1) is 11.3 Å². The first-order chi connectivity index (χ1) is 10.9. The maximum absolute atomic E-state index is 13.9. The number of alkyl halides is 3. The van der Waals surface area contributed by atoms with Gasteiger partial charge in [-0.2, -0.15) is 13.2 Å². The number of hydrogen-bond acceptors (Lipinski definition) is 1. The molecule has 0 amide bonds. The molecule has 1 heterocycles. The Kier molecular flexibility index (Phi) is 3.93. The van der Waals surface area contributed by atoms with Crippen molar-refractivity contribution in [1.82, 2.24) is 0 Å². The Hall–Kier alpha value is -2.21. The quantitative estimate of drug-likeness (QED) is 0.475. The summed E-state index contributed by atoms with van der Waals surface area (Å²) in [4.78, 5) is -0.326. The summed E-state index contributed by atoms with van der Waals surface area (Å²) in [6.45, 7) is 0. The van der Waals surface area contributed by atoms with E-state index in [4.69, 9.17) is 0 Å². The molecule has 0 radical (unpaired) electrons. The zero-order valence-electron chi connectivity index (χ0n) is 11.5. The molecule has 0 unspecified atom stereocenters. The molecule has 0 saturated heterocycles. The fraction of sp³-hybridized carbons (Fsp3) is 0.0588. The summed E-state index contributed by atoms with van der Waals surface area (Å²) >= 11 is 0.747. The second-order valence-electron chi connectivity index (χ2n) is 4.82. The highest BCUT2D eigenvalue weighted by atomic mass is 32.1. The lowest BCUT2D eigenvalue weighted by Crippen LogP contribution is -2.07. The van der Waals surface area contributed by atoms with Crippen molar-refractivity contribution in [2.45, 2.75) is 6.18 Å². The van der Waals surface area contributed by atoms with Gasteiger partial charge < -0.3 is 0 Å². The van der Waals surface area contributed by atoms with Crippen LogP contribution in [0.1, 0.15) is 5.56 Å². The summed E-state index contributed by atoms with van der Waals surface area (Å²) in [6.07, 6.45) is -4.68. The van der Waals surface area contributed by atoms with Crippen LogP contribution in [0, 0.1) is 11.6 Å². The van der Waals surface area contributed by atoms with Gasteiger partial charge in [-0.1, -0.05) is 42.5 Å². The molecular formula is C17H9F5S. The maximum Gasteiger partial charge on any atom is 0.418 e. The van der Waals surface area contributed by atoms with Crippen LogP contribution in [0.5, 0.6) is 0 Å². The van der Waals surface area contributed by atoms with Crippen molar-refractivity contribution in [3.63, 3.8) is 0 Å². The molecule has 3 aromatic rings. The van der Waals surface area contributed by atoms with Crippen LogP contribution in [0.15, 0.2) is 53.9 Å². The first-order valence-corrected chi connectivity index (χ1v) is 7.46. The normalized spacial score (nSPS) is 11.7. The highest BCUT2D eigenvalue weighted by Gasteiger charge is 2.39. The van der Waals surface area contributed by atoms with E-state index in [0.29, 0.717) is 5.56 Å². The zero-order valence-corrected chi connectivity index (χ0v) is 12.3. The van der Waals surface area contributed by atoms with Crippen LogP contribution in [0.3, 0.4) is 0 Å². The van der Waals surface area contributed by atoms with Gasteiger partial charge in [-0.05, 0) is 17.0 Å². The minimum atomic E-state index is -4.68. The Labute approximate surface area is 132 Å². The van der Waals surface area contributed by atoms with Crippen molar-refractivity contribution in [3.8, 4) is 21.6 Å². The average molecular weight is 340 g/mol. The Morgan fingerprint density at radius 3 is 2.13 bits per heavy atom. The van der Waals surface area contributed by atoms with Crippen LogP contribution in [0.2, 0.25) is 0 Å². The van der Waals surface area contributed by atoms with E-state index < -0.39 is 23.4 Å². The Morgan fingerprint density at radius 2 is 1.48 bits per heavy atom. The van der Waals surface area contributed by atoms with Crippen LogP contribution in [-0.4, -0.2) is 0 Å². The lowest BCUT2D eigenvalue weighted by atomic mass is 9.99. The smallest absolute Gasteiger partial charge is 0.204 e. The van der Waals surface area contributed by atoms with Crippen LogP contribution in [-0.2, 0) is 6.18 Å². The van der Waals surface area contributed by atoms with Crippen LogP contribution < -0.4 is 0 Å². The average Bonchev–Trinajstić information content (AvgIpc) is 2.96. The van der Waals surface area contributed by atoms with E-state index in [2.05, 4.69) is 0 Å². The van der Waals surface area contributed by atoms with Crippen LogP contribution >= 0.6 is 11.3 Å². The van der Waals surface area contributed by atoms with Gasteiger partial charge in [0, 0.05) is 11.1 Å². The summed E-state index contributed by atoms with van der Waals surface area (Å²) in [6, 6.07) is 11.2. The third-order valence-electron chi connectivity index (χ3n) is 3.36. The third-order valence-corrected chi connectivity index (χ3v) is 4.37. The number of halogens is 5. The van der Waals surface area contributed by atoms with Gasteiger partial charge in [-0.3, -0.25) is 0 Å².